The highest BCUT2D eigenvalue weighted by atomic mass is 35.5. The minimum absolute atomic E-state index is 0.120. The molecular weight excluding hydrogens is 399 g/mol. The van der Waals surface area contributed by atoms with Gasteiger partial charge in [-0.05, 0) is 48.9 Å². The molecule has 1 aliphatic rings. The molecule has 2 heterocycles. The van der Waals surface area contributed by atoms with Crippen LogP contribution in [0.3, 0.4) is 0 Å². The van der Waals surface area contributed by atoms with Gasteiger partial charge >= 0.3 is 5.91 Å². The molecule has 29 heavy (non-hydrogen) atoms. The van der Waals surface area contributed by atoms with Crippen LogP contribution in [0, 0.1) is 12.7 Å². The molecule has 1 aliphatic heterocycles. The molecule has 6 nitrogen and oxygen atoms in total. The molecule has 0 bridgehead atoms. The number of aromatic nitrogens is 1. The van der Waals surface area contributed by atoms with Crippen molar-refractivity contribution in [2.24, 2.45) is 0 Å². The van der Waals surface area contributed by atoms with Crippen LogP contribution >= 0.6 is 11.6 Å². The minimum atomic E-state index is -1.00. The van der Waals surface area contributed by atoms with Gasteiger partial charge in [-0.1, -0.05) is 28.9 Å². The molecule has 0 radical (unpaired) electrons. The Bertz CT molecular complexity index is 1140. The van der Waals surface area contributed by atoms with Gasteiger partial charge in [0.15, 0.2) is 5.82 Å². The molecule has 1 atom stereocenters. The largest absolute Gasteiger partial charge is 0.507 e. The molecule has 2 aromatic carbocycles. The normalized spacial score (nSPS) is 18.4. The van der Waals surface area contributed by atoms with Crippen LogP contribution < -0.4 is 4.90 Å². The fourth-order valence-electron chi connectivity index (χ4n) is 3.26. The zero-order valence-electron chi connectivity index (χ0n) is 15.1. The van der Waals surface area contributed by atoms with Crippen LogP contribution in [0.2, 0.25) is 5.02 Å². The number of anilines is 1. The third-order valence-corrected chi connectivity index (χ3v) is 4.86. The maximum atomic E-state index is 13.5. The summed E-state index contributed by atoms with van der Waals surface area (Å²) in [6.45, 7) is 1.65. The lowest BCUT2D eigenvalue weighted by molar-refractivity contribution is -0.132. The van der Waals surface area contributed by atoms with Crippen molar-refractivity contribution < 1.29 is 23.6 Å². The van der Waals surface area contributed by atoms with E-state index in [1.807, 2.05) is 0 Å². The van der Waals surface area contributed by atoms with Gasteiger partial charge in [-0.2, -0.15) is 0 Å². The molecule has 4 rings (SSSR count). The van der Waals surface area contributed by atoms with E-state index in [9.17, 15) is 19.1 Å². The van der Waals surface area contributed by atoms with Crippen molar-refractivity contribution in [2.45, 2.75) is 13.0 Å². The first-order valence-corrected chi connectivity index (χ1v) is 9.00. The number of halogens is 2. The second kappa shape index (κ2) is 7.18. The van der Waals surface area contributed by atoms with E-state index in [4.69, 9.17) is 16.1 Å². The quantitative estimate of drug-likeness (QED) is 0.391. The summed E-state index contributed by atoms with van der Waals surface area (Å²) in [5, 5.41) is 15.2. The highest BCUT2D eigenvalue weighted by Crippen LogP contribution is 2.41. The smallest absolute Gasteiger partial charge is 0.301 e. The standard InChI is InChI=1S/C21H14ClFN2O4/c1-11-10-16(24-29-11)25-18(12-4-8-15(23)9-5-12)17(20(27)21(25)28)19(26)13-2-6-14(22)7-3-13/h2-10,18,26H,1H3/b19-17+/t18-/m0/s1. The van der Waals surface area contributed by atoms with E-state index in [1.165, 1.54) is 42.5 Å². The van der Waals surface area contributed by atoms with E-state index in [1.54, 1.807) is 19.1 Å². The maximum absolute atomic E-state index is 13.5. The Kier molecular flexibility index (Phi) is 4.68. The van der Waals surface area contributed by atoms with Gasteiger partial charge in [0, 0.05) is 16.7 Å². The summed E-state index contributed by atoms with van der Waals surface area (Å²) in [6, 6.07) is 12.0. The molecule has 146 valence electrons. The van der Waals surface area contributed by atoms with Gasteiger partial charge in [0.2, 0.25) is 0 Å². The summed E-state index contributed by atoms with van der Waals surface area (Å²) >= 11 is 5.89. The average molecular weight is 413 g/mol. The number of nitrogens with zero attached hydrogens (tertiary/aromatic N) is 2. The lowest BCUT2D eigenvalue weighted by Gasteiger charge is -2.22. The Hall–Kier alpha value is -3.45. The first-order valence-electron chi connectivity index (χ1n) is 8.62. The second-order valence-corrected chi connectivity index (χ2v) is 6.96. The highest BCUT2D eigenvalue weighted by molar-refractivity contribution is 6.51. The van der Waals surface area contributed by atoms with Crippen LogP contribution in [-0.4, -0.2) is 22.0 Å². The number of hydrogen-bond acceptors (Lipinski definition) is 5. The van der Waals surface area contributed by atoms with Crippen LogP contribution in [0.15, 0.2) is 64.7 Å². The number of hydrogen-bond donors (Lipinski definition) is 1. The average Bonchev–Trinajstić information content (AvgIpc) is 3.24. The summed E-state index contributed by atoms with van der Waals surface area (Å²) in [7, 11) is 0. The van der Waals surface area contributed by atoms with Gasteiger partial charge in [-0.3, -0.25) is 14.5 Å². The van der Waals surface area contributed by atoms with Crippen molar-refractivity contribution in [3.05, 3.63) is 87.9 Å². The monoisotopic (exact) mass is 412 g/mol. The third kappa shape index (κ3) is 3.30. The van der Waals surface area contributed by atoms with E-state index in [-0.39, 0.29) is 17.2 Å². The zero-order valence-corrected chi connectivity index (χ0v) is 15.9. The van der Waals surface area contributed by atoms with Crippen LogP contribution in [0.5, 0.6) is 0 Å². The Labute approximate surface area is 169 Å². The SMILES string of the molecule is Cc1cc(N2C(=O)C(=O)/C(=C(/O)c3ccc(Cl)cc3)[C@@H]2c2ccc(F)cc2)no1. The summed E-state index contributed by atoms with van der Waals surface area (Å²) in [5.41, 5.74) is 0.613. The van der Waals surface area contributed by atoms with Gasteiger partial charge in [-0.25, -0.2) is 4.39 Å². The fraction of sp³-hybridized carbons (Fsp3) is 0.0952. The molecule has 0 unspecified atom stereocenters. The van der Waals surface area contributed by atoms with Gasteiger partial charge in [-0.15, -0.1) is 0 Å². The van der Waals surface area contributed by atoms with Gasteiger partial charge in [0.05, 0.1) is 11.6 Å². The van der Waals surface area contributed by atoms with Crippen molar-refractivity contribution in [3.8, 4) is 0 Å². The van der Waals surface area contributed by atoms with Gasteiger partial charge in [0.25, 0.3) is 5.78 Å². The van der Waals surface area contributed by atoms with Crippen LogP contribution in [0.25, 0.3) is 5.76 Å². The van der Waals surface area contributed by atoms with Gasteiger partial charge in [0.1, 0.15) is 17.3 Å². The first-order chi connectivity index (χ1) is 13.9. The van der Waals surface area contributed by atoms with Crippen molar-refractivity contribution in [1.29, 1.82) is 0 Å². The Morgan fingerprint density at radius 2 is 1.79 bits per heavy atom. The lowest BCUT2D eigenvalue weighted by Crippen LogP contribution is -2.29. The number of ketones is 1. The molecule has 8 heteroatoms. The Balaban J connectivity index is 1.93. The summed E-state index contributed by atoms with van der Waals surface area (Å²) in [6.07, 6.45) is 0. The number of aliphatic hydroxyl groups is 1. The molecule has 0 saturated carbocycles. The second-order valence-electron chi connectivity index (χ2n) is 6.52. The predicted octanol–water partition coefficient (Wildman–Crippen LogP) is 4.40. The number of benzene rings is 2. The number of Topliss-reactive ketones (excluding diaryl/α,β-unsaturated/α-hetero) is 1. The number of aliphatic hydroxyl groups excluding tert-OH is 1. The number of carbonyl (C=O) groups is 2. The predicted molar refractivity (Wildman–Crippen MR) is 104 cm³/mol. The third-order valence-electron chi connectivity index (χ3n) is 4.61. The summed E-state index contributed by atoms with van der Waals surface area (Å²) in [5.74, 6) is -2.03. The fourth-order valence-corrected chi connectivity index (χ4v) is 3.39. The molecule has 0 spiro atoms. The number of amides is 1. The Morgan fingerprint density at radius 1 is 1.14 bits per heavy atom. The van der Waals surface area contributed by atoms with Gasteiger partial charge < -0.3 is 9.63 Å². The van der Waals surface area contributed by atoms with E-state index >= 15 is 0 Å². The highest BCUT2D eigenvalue weighted by Gasteiger charge is 2.48. The number of aryl methyl sites for hydroxylation is 1. The van der Waals surface area contributed by atoms with Crippen molar-refractivity contribution in [2.75, 3.05) is 4.90 Å². The van der Waals surface area contributed by atoms with E-state index in [0.29, 0.717) is 21.9 Å². The molecule has 1 N–H and O–H groups in total. The summed E-state index contributed by atoms with van der Waals surface area (Å²) < 4.78 is 18.5. The minimum Gasteiger partial charge on any atom is -0.507 e. The topological polar surface area (TPSA) is 83.6 Å². The van der Waals surface area contributed by atoms with E-state index in [2.05, 4.69) is 5.16 Å². The first kappa shape index (κ1) is 18.9. The van der Waals surface area contributed by atoms with Crippen LogP contribution in [0.4, 0.5) is 10.2 Å². The van der Waals surface area contributed by atoms with E-state index < -0.39 is 23.5 Å². The number of rotatable bonds is 3. The van der Waals surface area contributed by atoms with Crippen molar-refractivity contribution in [3.63, 3.8) is 0 Å². The zero-order chi connectivity index (χ0) is 20.7. The van der Waals surface area contributed by atoms with Crippen LogP contribution in [-0.2, 0) is 9.59 Å². The molecule has 3 aromatic rings. The molecular formula is C21H14ClFN2O4. The molecule has 1 saturated heterocycles. The summed E-state index contributed by atoms with van der Waals surface area (Å²) in [4.78, 5) is 26.8. The molecule has 1 fully saturated rings. The molecule has 1 amide bonds. The maximum Gasteiger partial charge on any atom is 0.301 e. The Morgan fingerprint density at radius 3 is 2.38 bits per heavy atom. The molecule has 0 aliphatic carbocycles. The van der Waals surface area contributed by atoms with Crippen molar-refractivity contribution in [1.82, 2.24) is 5.16 Å². The van der Waals surface area contributed by atoms with Crippen LogP contribution in [0.1, 0.15) is 22.9 Å². The number of carbonyl (C=O) groups excluding carboxylic acids is 2. The lowest BCUT2D eigenvalue weighted by atomic mass is 9.95. The van der Waals surface area contributed by atoms with E-state index in [0.717, 1.165) is 4.90 Å². The molecule has 1 aromatic heterocycles. The van der Waals surface area contributed by atoms with Crippen molar-refractivity contribution >= 4 is 34.9 Å².